The Morgan fingerprint density at radius 1 is 1.19 bits per heavy atom. The summed E-state index contributed by atoms with van der Waals surface area (Å²) in [4.78, 5) is 15.9. The first-order valence-corrected chi connectivity index (χ1v) is 5.76. The minimum absolute atomic E-state index is 0.606. The molecule has 0 aliphatic rings. The lowest BCUT2D eigenvalue weighted by Gasteiger charge is -2.03. The maximum absolute atomic E-state index is 10.5. The van der Waals surface area contributed by atoms with Crippen molar-refractivity contribution < 1.29 is 4.79 Å². The highest BCUT2D eigenvalue weighted by Crippen LogP contribution is 2.28. The molecular formula is C13H11NOS. The molecule has 0 bridgehead atoms. The summed E-state index contributed by atoms with van der Waals surface area (Å²) in [5.41, 5.74) is 1.84. The van der Waals surface area contributed by atoms with Crippen molar-refractivity contribution in [3.8, 4) is 0 Å². The van der Waals surface area contributed by atoms with Crippen molar-refractivity contribution in [1.29, 1.82) is 0 Å². The molecule has 2 nitrogen and oxygen atoms in total. The zero-order valence-corrected chi connectivity index (χ0v) is 9.70. The maximum Gasteiger partial charge on any atom is 0.151 e. The van der Waals surface area contributed by atoms with Crippen LogP contribution in [0.1, 0.15) is 15.9 Å². The number of rotatable bonds is 3. The standard InChI is InChI=1S/C13H11NOS/c1-10-4-2-3-5-12(10)16-13-7-6-11(9-15)8-14-13/h2-9H,1H3. The Hall–Kier alpha value is -1.61. The molecule has 0 spiro atoms. The van der Waals surface area contributed by atoms with Gasteiger partial charge in [-0.15, -0.1) is 0 Å². The minimum atomic E-state index is 0.606. The molecule has 0 atom stereocenters. The van der Waals surface area contributed by atoms with Crippen LogP contribution in [-0.4, -0.2) is 11.3 Å². The third-order valence-corrected chi connectivity index (χ3v) is 3.33. The first-order valence-electron chi connectivity index (χ1n) is 4.94. The Labute approximate surface area is 98.7 Å². The molecule has 0 unspecified atom stereocenters. The van der Waals surface area contributed by atoms with Crippen LogP contribution in [0.3, 0.4) is 0 Å². The van der Waals surface area contributed by atoms with Crippen LogP contribution < -0.4 is 0 Å². The normalized spacial score (nSPS) is 10.1. The summed E-state index contributed by atoms with van der Waals surface area (Å²) >= 11 is 1.61. The van der Waals surface area contributed by atoms with E-state index in [9.17, 15) is 4.79 Å². The predicted molar refractivity (Wildman–Crippen MR) is 64.9 cm³/mol. The Morgan fingerprint density at radius 2 is 2.00 bits per heavy atom. The Morgan fingerprint density at radius 3 is 2.62 bits per heavy atom. The van der Waals surface area contributed by atoms with E-state index in [1.54, 1.807) is 24.0 Å². The van der Waals surface area contributed by atoms with Gasteiger partial charge in [0, 0.05) is 16.7 Å². The molecule has 0 saturated heterocycles. The van der Waals surface area contributed by atoms with Gasteiger partial charge in [-0.1, -0.05) is 30.0 Å². The molecule has 16 heavy (non-hydrogen) atoms. The topological polar surface area (TPSA) is 30.0 Å². The van der Waals surface area contributed by atoms with Gasteiger partial charge in [-0.2, -0.15) is 0 Å². The second kappa shape index (κ2) is 4.94. The Bertz CT molecular complexity index is 494. The van der Waals surface area contributed by atoms with Gasteiger partial charge >= 0.3 is 0 Å². The van der Waals surface area contributed by atoms with Crippen LogP contribution in [-0.2, 0) is 0 Å². The molecule has 0 amide bonds. The van der Waals surface area contributed by atoms with Crippen molar-refractivity contribution in [2.75, 3.05) is 0 Å². The lowest BCUT2D eigenvalue weighted by Crippen LogP contribution is -1.85. The largest absolute Gasteiger partial charge is 0.298 e. The van der Waals surface area contributed by atoms with Crippen LogP contribution in [0.2, 0.25) is 0 Å². The van der Waals surface area contributed by atoms with Crippen LogP contribution in [0.15, 0.2) is 52.5 Å². The number of aromatic nitrogens is 1. The molecule has 1 aromatic heterocycles. The summed E-state index contributed by atoms with van der Waals surface area (Å²) in [6.45, 7) is 2.07. The van der Waals surface area contributed by atoms with Crippen LogP contribution in [0.5, 0.6) is 0 Å². The van der Waals surface area contributed by atoms with Gasteiger partial charge in [-0.05, 0) is 30.7 Å². The number of nitrogens with zero attached hydrogens (tertiary/aromatic N) is 1. The second-order valence-electron chi connectivity index (χ2n) is 3.42. The van der Waals surface area contributed by atoms with E-state index >= 15 is 0 Å². The number of carbonyl (C=O) groups is 1. The van der Waals surface area contributed by atoms with Crippen molar-refractivity contribution >= 4 is 18.0 Å². The number of aldehydes is 1. The van der Waals surface area contributed by atoms with Gasteiger partial charge in [0.15, 0.2) is 6.29 Å². The zero-order chi connectivity index (χ0) is 11.4. The third-order valence-electron chi connectivity index (χ3n) is 2.20. The first kappa shape index (κ1) is 10.9. The highest BCUT2D eigenvalue weighted by molar-refractivity contribution is 7.99. The summed E-state index contributed by atoms with van der Waals surface area (Å²) in [7, 11) is 0. The van der Waals surface area contributed by atoms with E-state index in [4.69, 9.17) is 0 Å². The van der Waals surface area contributed by atoms with E-state index in [1.165, 1.54) is 10.5 Å². The molecule has 2 aromatic rings. The minimum Gasteiger partial charge on any atom is -0.298 e. The molecule has 0 aliphatic heterocycles. The number of pyridine rings is 1. The molecule has 1 heterocycles. The molecule has 3 heteroatoms. The van der Waals surface area contributed by atoms with E-state index in [2.05, 4.69) is 24.0 Å². The lowest BCUT2D eigenvalue weighted by molar-refractivity contribution is 0.112. The van der Waals surface area contributed by atoms with E-state index < -0.39 is 0 Å². The van der Waals surface area contributed by atoms with Gasteiger partial charge in [-0.25, -0.2) is 4.98 Å². The zero-order valence-electron chi connectivity index (χ0n) is 8.88. The fourth-order valence-corrected chi connectivity index (χ4v) is 2.15. The molecule has 2 rings (SSSR count). The molecule has 80 valence electrons. The van der Waals surface area contributed by atoms with Crippen molar-refractivity contribution in [2.24, 2.45) is 0 Å². The molecule has 1 aromatic carbocycles. The van der Waals surface area contributed by atoms with E-state index in [0.29, 0.717) is 5.56 Å². The van der Waals surface area contributed by atoms with E-state index in [0.717, 1.165) is 11.3 Å². The van der Waals surface area contributed by atoms with Crippen molar-refractivity contribution in [1.82, 2.24) is 4.98 Å². The Balaban J connectivity index is 2.21. The molecule has 0 radical (unpaired) electrons. The lowest BCUT2D eigenvalue weighted by atomic mass is 10.2. The van der Waals surface area contributed by atoms with Gasteiger partial charge in [0.2, 0.25) is 0 Å². The molecular weight excluding hydrogens is 218 g/mol. The van der Waals surface area contributed by atoms with Gasteiger partial charge in [0.25, 0.3) is 0 Å². The highest BCUT2D eigenvalue weighted by Gasteiger charge is 2.01. The third kappa shape index (κ3) is 2.49. The summed E-state index contributed by atoms with van der Waals surface area (Å²) in [5.74, 6) is 0. The predicted octanol–water partition coefficient (Wildman–Crippen LogP) is 3.35. The summed E-state index contributed by atoms with van der Waals surface area (Å²) < 4.78 is 0. The number of carbonyl (C=O) groups excluding carboxylic acids is 1. The van der Waals surface area contributed by atoms with E-state index in [-0.39, 0.29) is 0 Å². The highest BCUT2D eigenvalue weighted by atomic mass is 32.2. The SMILES string of the molecule is Cc1ccccc1Sc1ccc(C=O)cn1. The Kier molecular flexibility index (Phi) is 3.37. The number of aryl methyl sites for hydroxylation is 1. The molecule has 0 N–H and O–H groups in total. The fraction of sp³-hybridized carbons (Fsp3) is 0.0769. The van der Waals surface area contributed by atoms with Crippen LogP contribution in [0.25, 0.3) is 0 Å². The number of hydrogen-bond donors (Lipinski definition) is 0. The van der Waals surface area contributed by atoms with Crippen molar-refractivity contribution in [3.05, 3.63) is 53.7 Å². The van der Waals surface area contributed by atoms with Crippen LogP contribution in [0, 0.1) is 6.92 Å². The quantitative estimate of drug-likeness (QED) is 0.756. The van der Waals surface area contributed by atoms with Gasteiger partial charge in [0.1, 0.15) is 5.03 Å². The monoisotopic (exact) mass is 229 g/mol. The van der Waals surface area contributed by atoms with E-state index in [1.807, 2.05) is 18.2 Å². The van der Waals surface area contributed by atoms with Gasteiger partial charge < -0.3 is 0 Å². The number of benzene rings is 1. The molecule has 0 saturated carbocycles. The van der Waals surface area contributed by atoms with Crippen LogP contribution >= 0.6 is 11.8 Å². The van der Waals surface area contributed by atoms with Crippen molar-refractivity contribution in [2.45, 2.75) is 16.8 Å². The van der Waals surface area contributed by atoms with Gasteiger partial charge in [0.05, 0.1) is 0 Å². The molecule has 0 fully saturated rings. The van der Waals surface area contributed by atoms with Crippen LogP contribution in [0.4, 0.5) is 0 Å². The average Bonchev–Trinajstić information content (AvgIpc) is 2.33. The smallest absolute Gasteiger partial charge is 0.151 e. The fourth-order valence-electron chi connectivity index (χ4n) is 1.31. The maximum atomic E-state index is 10.5. The summed E-state index contributed by atoms with van der Waals surface area (Å²) in [5, 5.41) is 0.903. The second-order valence-corrected chi connectivity index (χ2v) is 4.48. The first-order chi connectivity index (χ1) is 7.79. The van der Waals surface area contributed by atoms with Crippen molar-refractivity contribution in [3.63, 3.8) is 0 Å². The molecule has 0 aliphatic carbocycles. The average molecular weight is 229 g/mol. The number of hydrogen-bond acceptors (Lipinski definition) is 3. The summed E-state index contributed by atoms with van der Waals surface area (Å²) in [6, 6.07) is 11.8. The summed E-state index contributed by atoms with van der Waals surface area (Å²) in [6.07, 6.45) is 2.39. The van der Waals surface area contributed by atoms with Gasteiger partial charge in [-0.3, -0.25) is 4.79 Å².